The molecular formula is C13H11F3N2O3. The largest absolute Gasteiger partial charge is 0.507 e. The maximum atomic E-state index is 12.6. The maximum absolute atomic E-state index is 12.6. The highest BCUT2D eigenvalue weighted by Crippen LogP contribution is 2.39. The number of aromatic nitrogens is 2. The second kappa shape index (κ2) is 5.47. The fourth-order valence-electron chi connectivity index (χ4n) is 1.73. The SMILES string of the molecule is COc1ncc(-c2ccc(C(F)(F)F)cc2O)c(OC)n1. The third kappa shape index (κ3) is 2.99. The average Bonchev–Trinajstić information content (AvgIpc) is 2.45. The van der Waals surface area contributed by atoms with Gasteiger partial charge in [0.25, 0.3) is 0 Å². The Morgan fingerprint density at radius 2 is 1.81 bits per heavy atom. The van der Waals surface area contributed by atoms with Gasteiger partial charge in [-0.05, 0) is 18.2 Å². The van der Waals surface area contributed by atoms with E-state index < -0.39 is 17.5 Å². The molecule has 0 aliphatic rings. The first-order valence-corrected chi connectivity index (χ1v) is 5.72. The van der Waals surface area contributed by atoms with Crippen LogP contribution < -0.4 is 9.47 Å². The van der Waals surface area contributed by atoms with Crippen molar-refractivity contribution in [2.45, 2.75) is 6.18 Å². The molecule has 0 saturated heterocycles. The molecule has 0 aliphatic heterocycles. The van der Waals surface area contributed by atoms with Gasteiger partial charge < -0.3 is 14.6 Å². The van der Waals surface area contributed by atoms with Crippen LogP contribution in [-0.2, 0) is 6.18 Å². The number of phenolic OH excluding ortho intramolecular Hbond substituents is 1. The fraction of sp³-hybridized carbons (Fsp3) is 0.231. The van der Waals surface area contributed by atoms with Crippen LogP contribution >= 0.6 is 0 Å². The molecule has 0 fully saturated rings. The second-order valence-electron chi connectivity index (χ2n) is 4.01. The molecule has 1 N–H and O–H groups in total. The van der Waals surface area contributed by atoms with E-state index in [2.05, 4.69) is 9.97 Å². The number of ether oxygens (including phenoxy) is 2. The zero-order valence-corrected chi connectivity index (χ0v) is 11.1. The van der Waals surface area contributed by atoms with Crippen molar-refractivity contribution in [1.29, 1.82) is 0 Å². The Labute approximate surface area is 118 Å². The predicted molar refractivity (Wildman–Crippen MR) is 67.2 cm³/mol. The minimum Gasteiger partial charge on any atom is -0.507 e. The summed E-state index contributed by atoms with van der Waals surface area (Å²) in [4.78, 5) is 7.76. The molecule has 0 saturated carbocycles. The van der Waals surface area contributed by atoms with Gasteiger partial charge in [0.1, 0.15) is 5.75 Å². The summed E-state index contributed by atoms with van der Waals surface area (Å²) in [6.07, 6.45) is -3.23. The van der Waals surface area contributed by atoms with Gasteiger partial charge in [-0.15, -0.1) is 0 Å². The normalized spacial score (nSPS) is 11.3. The highest BCUT2D eigenvalue weighted by molar-refractivity contribution is 5.74. The molecule has 0 aliphatic carbocycles. The Kier molecular flexibility index (Phi) is 3.88. The number of halogens is 3. The molecule has 0 spiro atoms. The number of aromatic hydroxyl groups is 1. The molecule has 21 heavy (non-hydrogen) atoms. The van der Waals surface area contributed by atoms with Crippen molar-refractivity contribution in [1.82, 2.24) is 9.97 Å². The lowest BCUT2D eigenvalue weighted by Gasteiger charge is -2.12. The van der Waals surface area contributed by atoms with E-state index in [0.717, 1.165) is 12.1 Å². The minimum absolute atomic E-state index is 0.0435. The van der Waals surface area contributed by atoms with Crippen LogP contribution in [0.3, 0.4) is 0 Å². The topological polar surface area (TPSA) is 64.5 Å². The van der Waals surface area contributed by atoms with Gasteiger partial charge in [0, 0.05) is 11.8 Å². The average molecular weight is 300 g/mol. The van der Waals surface area contributed by atoms with E-state index in [1.165, 1.54) is 20.4 Å². The van der Waals surface area contributed by atoms with Crippen LogP contribution in [0, 0.1) is 0 Å². The molecular weight excluding hydrogens is 289 g/mol. The number of benzene rings is 1. The zero-order chi connectivity index (χ0) is 15.6. The Hall–Kier alpha value is -2.51. The van der Waals surface area contributed by atoms with E-state index in [4.69, 9.17) is 9.47 Å². The maximum Gasteiger partial charge on any atom is 0.416 e. The highest BCUT2D eigenvalue weighted by atomic mass is 19.4. The second-order valence-corrected chi connectivity index (χ2v) is 4.01. The molecule has 5 nitrogen and oxygen atoms in total. The lowest BCUT2D eigenvalue weighted by atomic mass is 10.0. The molecule has 2 aromatic rings. The van der Waals surface area contributed by atoms with Crippen LogP contribution in [0.1, 0.15) is 5.56 Å². The van der Waals surface area contributed by atoms with E-state index in [9.17, 15) is 18.3 Å². The van der Waals surface area contributed by atoms with E-state index in [0.29, 0.717) is 6.07 Å². The van der Waals surface area contributed by atoms with Crippen LogP contribution in [-0.4, -0.2) is 29.3 Å². The number of rotatable bonds is 3. The van der Waals surface area contributed by atoms with Crippen LogP contribution in [0.25, 0.3) is 11.1 Å². The van der Waals surface area contributed by atoms with Crippen LogP contribution in [0.5, 0.6) is 17.6 Å². The molecule has 0 atom stereocenters. The molecule has 8 heteroatoms. The van der Waals surface area contributed by atoms with Crippen molar-refractivity contribution in [2.75, 3.05) is 14.2 Å². The Bertz CT molecular complexity index is 660. The molecule has 0 amide bonds. The first kappa shape index (κ1) is 14.9. The molecule has 0 radical (unpaired) electrons. The number of methoxy groups -OCH3 is 2. The van der Waals surface area contributed by atoms with E-state index >= 15 is 0 Å². The number of phenols is 1. The van der Waals surface area contributed by atoms with Gasteiger partial charge in [0.05, 0.1) is 25.3 Å². The van der Waals surface area contributed by atoms with E-state index in [1.807, 2.05) is 0 Å². The van der Waals surface area contributed by atoms with Crippen molar-refractivity contribution >= 4 is 0 Å². The summed E-state index contributed by atoms with van der Waals surface area (Å²) in [5, 5.41) is 9.81. The molecule has 2 rings (SSSR count). The summed E-state index contributed by atoms with van der Waals surface area (Å²) < 4.78 is 47.6. The van der Waals surface area contributed by atoms with Gasteiger partial charge in [-0.3, -0.25) is 0 Å². The number of nitrogens with zero attached hydrogens (tertiary/aromatic N) is 2. The zero-order valence-electron chi connectivity index (χ0n) is 11.1. The van der Waals surface area contributed by atoms with E-state index in [1.54, 1.807) is 0 Å². The first-order chi connectivity index (χ1) is 9.86. The standard InChI is InChI=1S/C13H11F3N2O3/c1-20-11-9(6-17-12(18-11)21-2)8-4-3-7(5-10(8)19)13(14,15)16/h3-6,19H,1-2H3. The summed E-state index contributed by atoms with van der Waals surface area (Å²) >= 11 is 0. The van der Waals surface area contributed by atoms with Gasteiger partial charge >= 0.3 is 12.2 Å². The number of hydrogen-bond acceptors (Lipinski definition) is 5. The lowest BCUT2D eigenvalue weighted by Crippen LogP contribution is -2.04. The first-order valence-electron chi connectivity index (χ1n) is 5.72. The van der Waals surface area contributed by atoms with Gasteiger partial charge in [-0.2, -0.15) is 18.2 Å². The van der Waals surface area contributed by atoms with Gasteiger partial charge in [-0.1, -0.05) is 0 Å². The van der Waals surface area contributed by atoms with Crippen molar-refractivity contribution < 1.29 is 27.8 Å². The summed E-state index contributed by atoms with van der Waals surface area (Å²) in [6, 6.07) is 2.67. The fourth-order valence-corrected chi connectivity index (χ4v) is 1.73. The number of alkyl halides is 3. The van der Waals surface area contributed by atoms with E-state index in [-0.39, 0.29) is 23.0 Å². The van der Waals surface area contributed by atoms with Crippen molar-refractivity contribution in [2.24, 2.45) is 0 Å². The Balaban J connectivity index is 2.52. The molecule has 1 heterocycles. The molecule has 0 bridgehead atoms. The summed E-state index contributed by atoms with van der Waals surface area (Å²) in [5.41, 5.74) is -0.566. The Morgan fingerprint density at radius 3 is 2.33 bits per heavy atom. The minimum atomic E-state index is -4.53. The summed E-state index contributed by atoms with van der Waals surface area (Å²) in [6.45, 7) is 0. The molecule has 1 aromatic heterocycles. The molecule has 0 unspecified atom stereocenters. The highest BCUT2D eigenvalue weighted by Gasteiger charge is 2.31. The van der Waals surface area contributed by atoms with Crippen molar-refractivity contribution in [3.63, 3.8) is 0 Å². The molecule has 112 valence electrons. The van der Waals surface area contributed by atoms with Gasteiger partial charge in [-0.25, -0.2) is 4.98 Å². The summed E-state index contributed by atoms with van der Waals surface area (Å²) in [5.74, 6) is -0.464. The van der Waals surface area contributed by atoms with Gasteiger partial charge in [0.2, 0.25) is 5.88 Å². The third-order valence-electron chi connectivity index (χ3n) is 2.72. The number of hydrogen-bond donors (Lipinski definition) is 1. The van der Waals surface area contributed by atoms with Crippen molar-refractivity contribution in [3.05, 3.63) is 30.0 Å². The van der Waals surface area contributed by atoms with Crippen LogP contribution in [0.4, 0.5) is 13.2 Å². The summed E-state index contributed by atoms with van der Waals surface area (Å²) in [7, 11) is 2.70. The predicted octanol–water partition coefficient (Wildman–Crippen LogP) is 2.89. The Morgan fingerprint density at radius 1 is 1.10 bits per heavy atom. The smallest absolute Gasteiger partial charge is 0.416 e. The molecule has 1 aromatic carbocycles. The lowest BCUT2D eigenvalue weighted by molar-refractivity contribution is -0.137. The van der Waals surface area contributed by atoms with Crippen LogP contribution in [0.15, 0.2) is 24.4 Å². The quantitative estimate of drug-likeness (QED) is 0.944. The monoisotopic (exact) mass is 300 g/mol. The van der Waals surface area contributed by atoms with Crippen LogP contribution in [0.2, 0.25) is 0 Å². The van der Waals surface area contributed by atoms with Gasteiger partial charge in [0.15, 0.2) is 0 Å². The third-order valence-corrected chi connectivity index (χ3v) is 2.72. The van der Waals surface area contributed by atoms with Crippen molar-refractivity contribution in [3.8, 4) is 28.8 Å².